The predicted molar refractivity (Wildman–Crippen MR) is 81.2 cm³/mol. The molecule has 1 aliphatic heterocycles. The lowest BCUT2D eigenvalue weighted by Crippen LogP contribution is -2.19. The van der Waals surface area contributed by atoms with E-state index in [1.807, 2.05) is 11.8 Å². The Morgan fingerprint density at radius 2 is 2.39 bits per heavy atom. The van der Waals surface area contributed by atoms with E-state index in [1.165, 1.54) is 17.1 Å². The fourth-order valence-corrected chi connectivity index (χ4v) is 4.41. The van der Waals surface area contributed by atoms with Gasteiger partial charge in [0.1, 0.15) is 10.6 Å². The summed E-state index contributed by atoms with van der Waals surface area (Å²) in [5.74, 6) is 3.27. The molecule has 18 heavy (non-hydrogen) atoms. The highest BCUT2D eigenvalue weighted by Crippen LogP contribution is 2.31. The van der Waals surface area contributed by atoms with Crippen molar-refractivity contribution in [2.45, 2.75) is 25.8 Å². The van der Waals surface area contributed by atoms with Crippen LogP contribution in [0, 0.1) is 0 Å². The van der Waals surface area contributed by atoms with Crippen LogP contribution < -0.4 is 5.32 Å². The van der Waals surface area contributed by atoms with Crippen LogP contribution in [0.5, 0.6) is 0 Å². The van der Waals surface area contributed by atoms with Crippen molar-refractivity contribution in [1.82, 2.24) is 9.97 Å². The van der Waals surface area contributed by atoms with Crippen molar-refractivity contribution in [3.05, 3.63) is 16.2 Å². The molecule has 0 aliphatic carbocycles. The van der Waals surface area contributed by atoms with E-state index in [4.69, 9.17) is 11.6 Å². The van der Waals surface area contributed by atoms with E-state index < -0.39 is 0 Å². The summed E-state index contributed by atoms with van der Waals surface area (Å²) in [5.41, 5.74) is 0. The van der Waals surface area contributed by atoms with Crippen LogP contribution in [-0.4, -0.2) is 27.5 Å². The van der Waals surface area contributed by atoms with Gasteiger partial charge in [-0.1, -0.05) is 6.92 Å². The number of hydrogen-bond acceptors (Lipinski definition) is 5. The van der Waals surface area contributed by atoms with Crippen LogP contribution in [0.15, 0.2) is 6.07 Å². The first-order valence-electron chi connectivity index (χ1n) is 6.06. The number of halogens is 1. The van der Waals surface area contributed by atoms with Crippen LogP contribution in [0.4, 0.5) is 5.82 Å². The van der Waals surface area contributed by atoms with Crippen LogP contribution in [0.25, 0.3) is 10.2 Å². The number of aryl methyl sites for hydroxylation is 1. The maximum absolute atomic E-state index is 6.00. The van der Waals surface area contributed by atoms with Gasteiger partial charge in [-0.3, -0.25) is 0 Å². The first-order valence-corrected chi connectivity index (χ1v) is 8.41. The Morgan fingerprint density at radius 1 is 1.50 bits per heavy atom. The van der Waals surface area contributed by atoms with E-state index in [2.05, 4.69) is 28.3 Å². The molecule has 1 unspecified atom stereocenters. The molecule has 1 saturated heterocycles. The number of nitrogens with one attached hydrogen (secondary N) is 1. The molecule has 3 rings (SSSR count). The Labute approximate surface area is 119 Å². The average Bonchev–Trinajstić information content (AvgIpc) is 2.97. The predicted octanol–water partition coefficient (Wildman–Crippen LogP) is 3.82. The largest absolute Gasteiger partial charge is 0.366 e. The molecule has 0 aromatic carbocycles. The molecule has 0 spiro atoms. The molecule has 1 aliphatic rings. The second kappa shape index (κ2) is 5.23. The molecular formula is C12H14ClN3S2. The lowest BCUT2D eigenvalue weighted by atomic mass is 10.2. The van der Waals surface area contributed by atoms with Gasteiger partial charge < -0.3 is 5.32 Å². The fraction of sp³-hybridized carbons (Fsp3) is 0.500. The van der Waals surface area contributed by atoms with Crippen LogP contribution in [0.2, 0.25) is 5.28 Å². The lowest BCUT2D eigenvalue weighted by molar-refractivity contribution is 0.808. The number of fused-ring (bicyclic) bond motifs is 1. The van der Waals surface area contributed by atoms with Gasteiger partial charge in [0.05, 0.1) is 5.39 Å². The van der Waals surface area contributed by atoms with E-state index in [1.54, 1.807) is 11.3 Å². The van der Waals surface area contributed by atoms with Crippen LogP contribution in [-0.2, 0) is 6.42 Å². The minimum Gasteiger partial charge on any atom is -0.366 e. The summed E-state index contributed by atoms with van der Waals surface area (Å²) < 4.78 is 0. The maximum atomic E-state index is 6.00. The highest BCUT2D eigenvalue weighted by atomic mass is 35.5. The number of nitrogens with zero attached hydrogens (tertiary/aromatic N) is 2. The van der Waals surface area contributed by atoms with Crippen molar-refractivity contribution in [2.24, 2.45) is 0 Å². The Bertz CT molecular complexity index is 564. The van der Waals surface area contributed by atoms with Crippen molar-refractivity contribution in [1.29, 1.82) is 0 Å². The number of hydrogen-bond donors (Lipinski definition) is 1. The summed E-state index contributed by atoms with van der Waals surface area (Å²) in [4.78, 5) is 11.0. The zero-order valence-electron chi connectivity index (χ0n) is 10.1. The van der Waals surface area contributed by atoms with Gasteiger partial charge >= 0.3 is 0 Å². The fourth-order valence-electron chi connectivity index (χ4n) is 2.07. The van der Waals surface area contributed by atoms with Gasteiger partial charge in [-0.25, -0.2) is 9.97 Å². The standard InChI is InChI=1S/C12H14ClN3S2/c1-2-8-5-9-10(14-7-3-4-17-6-7)15-12(13)16-11(9)18-8/h5,7H,2-4,6H2,1H3,(H,14,15,16). The zero-order valence-corrected chi connectivity index (χ0v) is 12.5. The highest BCUT2D eigenvalue weighted by molar-refractivity contribution is 7.99. The smallest absolute Gasteiger partial charge is 0.225 e. The molecule has 6 heteroatoms. The van der Waals surface area contributed by atoms with E-state index in [0.717, 1.165) is 28.2 Å². The molecule has 0 bridgehead atoms. The van der Waals surface area contributed by atoms with Gasteiger partial charge in [0.15, 0.2) is 0 Å². The van der Waals surface area contributed by atoms with E-state index >= 15 is 0 Å². The van der Waals surface area contributed by atoms with Crippen molar-refractivity contribution in [3.63, 3.8) is 0 Å². The molecular weight excluding hydrogens is 286 g/mol. The summed E-state index contributed by atoms with van der Waals surface area (Å²) in [6.07, 6.45) is 2.22. The number of aromatic nitrogens is 2. The monoisotopic (exact) mass is 299 g/mol. The molecule has 2 aromatic rings. The first-order chi connectivity index (χ1) is 8.76. The van der Waals surface area contributed by atoms with Crippen LogP contribution in [0.1, 0.15) is 18.2 Å². The number of thiophene rings is 1. The van der Waals surface area contributed by atoms with Gasteiger partial charge in [0.25, 0.3) is 0 Å². The Balaban J connectivity index is 2.00. The Morgan fingerprint density at radius 3 is 3.11 bits per heavy atom. The highest BCUT2D eigenvalue weighted by Gasteiger charge is 2.18. The van der Waals surface area contributed by atoms with Gasteiger partial charge in [-0.2, -0.15) is 11.8 Å². The van der Waals surface area contributed by atoms with E-state index in [9.17, 15) is 0 Å². The topological polar surface area (TPSA) is 37.8 Å². The normalized spacial score (nSPS) is 19.6. The number of anilines is 1. The van der Waals surface area contributed by atoms with Gasteiger partial charge in [0.2, 0.25) is 5.28 Å². The number of thioether (sulfide) groups is 1. The van der Waals surface area contributed by atoms with Crippen molar-refractivity contribution < 1.29 is 0 Å². The van der Waals surface area contributed by atoms with Gasteiger partial charge in [-0.05, 0) is 36.3 Å². The molecule has 3 nitrogen and oxygen atoms in total. The number of rotatable bonds is 3. The van der Waals surface area contributed by atoms with Crippen molar-refractivity contribution in [3.8, 4) is 0 Å². The van der Waals surface area contributed by atoms with Crippen molar-refractivity contribution in [2.75, 3.05) is 16.8 Å². The molecule has 0 saturated carbocycles. The average molecular weight is 300 g/mol. The third-order valence-corrected chi connectivity index (χ3v) is 5.54. The first kappa shape index (κ1) is 12.5. The van der Waals surface area contributed by atoms with E-state index in [-0.39, 0.29) is 0 Å². The Hall–Kier alpha value is -0.520. The molecule has 0 amide bonds. The quantitative estimate of drug-likeness (QED) is 0.874. The third kappa shape index (κ3) is 2.44. The summed E-state index contributed by atoms with van der Waals surface area (Å²) in [7, 11) is 0. The molecule has 0 radical (unpaired) electrons. The summed E-state index contributed by atoms with van der Waals surface area (Å²) >= 11 is 9.69. The summed E-state index contributed by atoms with van der Waals surface area (Å²) in [6.45, 7) is 2.15. The Kier molecular flexibility index (Phi) is 3.63. The molecule has 1 fully saturated rings. The summed E-state index contributed by atoms with van der Waals surface area (Å²) in [5, 5.41) is 4.96. The zero-order chi connectivity index (χ0) is 12.5. The van der Waals surface area contributed by atoms with Crippen molar-refractivity contribution >= 4 is 50.7 Å². The summed E-state index contributed by atoms with van der Waals surface area (Å²) in [6, 6.07) is 2.69. The third-order valence-electron chi connectivity index (χ3n) is 3.04. The van der Waals surface area contributed by atoms with Crippen LogP contribution in [0.3, 0.4) is 0 Å². The van der Waals surface area contributed by atoms with Gasteiger partial charge in [0, 0.05) is 16.7 Å². The molecule has 96 valence electrons. The molecule has 1 N–H and O–H groups in total. The second-order valence-electron chi connectivity index (χ2n) is 4.33. The minimum absolute atomic E-state index is 0.333. The molecule has 1 atom stereocenters. The second-order valence-corrected chi connectivity index (χ2v) is 6.93. The maximum Gasteiger partial charge on any atom is 0.225 e. The van der Waals surface area contributed by atoms with Gasteiger partial charge in [-0.15, -0.1) is 11.3 Å². The molecule has 2 aromatic heterocycles. The molecule has 3 heterocycles. The van der Waals surface area contributed by atoms with E-state index in [0.29, 0.717) is 11.3 Å². The lowest BCUT2D eigenvalue weighted by Gasteiger charge is -2.12. The minimum atomic E-state index is 0.333. The van der Waals surface area contributed by atoms with Crippen LogP contribution >= 0.6 is 34.7 Å². The SMILES string of the molecule is CCc1cc2c(NC3CCSC3)nc(Cl)nc2s1.